The molecule has 2 N–H and O–H groups in total. The Labute approximate surface area is 105 Å². The lowest BCUT2D eigenvalue weighted by Crippen LogP contribution is -2.45. The van der Waals surface area contributed by atoms with Gasteiger partial charge in [0, 0.05) is 30.4 Å². The molecule has 0 aromatic carbocycles. The summed E-state index contributed by atoms with van der Waals surface area (Å²) in [5.74, 6) is 0. The number of hydrogen-bond donors (Lipinski definition) is 1. The van der Waals surface area contributed by atoms with E-state index < -0.39 is 0 Å². The Hall–Kier alpha value is -0.870. The predicted octanol–water partition coefficient (Wildman–Crippen LogP) is 1.85. The summed E-state index contributed by atoms with van der Waals surface area (Å²) in [4.78, 5) is 2.36. The lowest BCUT2D eigenvalue weighted by atomic mass is 9.95. The van der Waals surface area contributed by atoms with E-state index in [1.165, 1.54) is 11.3 Å². The molecule has 0 amide bonds. The minimum Gasteiger partial charge on any atom is -0.329 e. The number of nitrogens with zero attached hydrogens (tertiary/aromatic N) is 3. The SMILES string of the molecule is CCC(C)(C)N(C)C(CN)c1cnn(C)c1C. The molecule has 0 fully saturated rings. The van der Waals surface area contributed by atoms with Crippen molar-refractivity contribution >= 4 is 0 Å². The van der Waals surface area contributed by atoms with E-state index in [1.54, 1.807) is 0 Å². The van der Waals surface area contributed by atoms with E-state index in [-0.39, 0.29) is 11.6 Å². The van der Waals surface area contributed by atoms with E-state index in [1.807, 2.05) is 17.9 Å². The largest absolute Gasteiger partial charge is 0.329 e. The van der Waals surface area contributed by atoms with Crippen molar-refractivity contribution in [3.63, 3.8) is 0 Å². The number of nitrogens with two attached hydrogens (primary N) is 1. The van der Waals surface area contributed by atoms with E-state index in [0.29, 0.717) is 6.54 Å². The van der Waals surface area contributed by atoms with E-state index in [0.717, 1.165) is 6.42 Å². The molecule has 4 nitrogen and oxygen atoms in total. The topological polar surface area (TPSA) is 47.1 Å². The smallest absolute Gasteiger partial charge is 0.0540 e. The van der Waals surface area contributed by atoms with Crippen LogP contribution in [0.4, 0.5) is 0 Å². The molecule has 1 aromatic heterocycles. The van der Waals surface area contributed by atoms with Crippen molar-refractivity contribution in [2.24, 2.45) is 12.8 Å². The number of likely N-dealkylation sites (N-methyl/N-ethyl adjacent to an activating group) is 1. The molecule has 4 heteroatoms. The molecule has 1 rings (SSSR count). The normalized spacial score (nSPS) is 14.4. The summed E-state index contributed by atoms with van der Waals surface area (Å²) in [7, 11) is 4.12. The van der Waals surface area contributed by atoms with Crippen LogP contribution in [-0.2, 0) is 7.05 Å². The zero-order chi connectivity index (χ0) is 13.2. The summed E-state index contributed by atoms with van der Waals surface area (Å²) >= 11 is 0. The third-order valence-corrected chi connectivity index (χ3v) is 4.14. The first kappa shape index (κ1) is 14.2. The molecule has 1 unspecified atom stereocenters. The molecule has 0 radical (unpaired) electrons. The van der Waals surface area contributed by atoms with Crippen molar-refractivity contribution in [2.45, 2.75) is 45.7 Å². The fraction of sp³-hybridized carbons (Fsp3) is 0.769. The summed E-state index contributed by atoms with van der Waals surface area (Å²) in [5.41, 5.74) is 8.53. The number of rotatable bonds is 5. The van der Waals surface area contributed by atoms with Crippen molar-refractivity contribution in [1.29, 1.82) is 0 Å². The minimum atomic E-state index is 0.145. The third-order valence-electron chi connectivity index (χ3n) is 4.14. The maximum absolute atomic E-state index is 5.96. The van der Waals surface area contributed by atoms with Crippen LogP contribution in [0.1, 0.15) is 44.5 Å². The Morgan fingerprint density at radius 3 is 2.47 bits per heavy atom. The summed E-state index contributed by atoms with van der Waals surface area (Å²) in [6, 6.07) is 0.235. The van der Waals surface area contributed by atoms with Crippen LogP contribution in [0, 0.1) is 6.92 Å². The van der Waals surface area contributed by atoms with Crippen molar-refractivity contribution in [1.82, 2.24) is 14.7 Å². The molecule has 1 atom stereocenters. The van der Waals surface area contributed by atoms with Crippen LogP contribution in [0.5, 0.6) is 0 Å². The van der Waals surface area contributed by atoms with Gasteiger partial charge in [-0.3, -0.25) is 9.58 Å². The van der Waals surface area contributed by atoms with Crippen molar-refractivity contribution in [3.05, 3.63) is 17.5 Å². The average Bonchev–Trinajstić information content (AvgIpc) is 2.62. The zero-order valence-corrected chi connectivity index (χ0v) is 12.0. The van der Waals surface area contributed by atoms with Gasteiger partial charge in [0.05, 0.1) is 12.2 Å². The second kappa shape index (κ2) is 5.19. The van der Waals surface area contributed by atoms with Gasteiger partial charge in [-0.15, -0.1) is 0 Å². The van der Waals surface area contributed by atoms with Crippen LogP contribution in [-0.4, -0.2) is 33.8 Å². The number of aromatic nitrogens is 2. The van der Waals surface area contributed by atoms with E-state index in [4.69, 9.17) is 5.73 Å². The fourth-order valence-electron chi connectivity index (χ4n) is 2.01. The van der Waals surface area contributed by atoms with Gasteiger partial charge in [-0.1, -0.05) is 6.92 Å². The molecule has 1 aromatic rings. The van der Waals surface area contributed by atoms with Gasteiger partial charge in [0.1, 0.15) is 0 Å². The summed E-state index contributed by atoms with van der Waals surface area (Å²) in [6.45, 7) is 9.42. The summed E-state index contributed by atoms with van der Waals surface area (Å²) in [5, 5.41) is 4.31. The minimum absolute atomic E-state index is 0.145. The maximum atomic E-state index is 5.96. The van der Waals surface area contributed by atoms with Crippen molar-refractivity contribution < 1.29 is 0 Å². The Morgan fingerprint density at radius 2 is 2.12 bits per heavy atom. The molecule has 98 valence electrons. The second-order valence-corrected chi connectivity index (χ2v) is 5.34. The Bertz CT molecular complexity index is 367. The van der Waals surface area contributed by atoms with E-state index in [9.17, 15) is 0 Å². The zero-order valence-electron chi connectivity index (χ0n) is 12.0. The van der Waals surface area contributed by atoms with Gasteiger partial charge in [-0.2, -0.15) is 5.10 Å². The van der Waals surface area contributed by atoms with Crippen molar-refractivity contribution in [3.8, 4) is 0 Å². The highest BCUT2D eigenvalue weighted by Gasteiger charge is 2.29. The number of aryl methyl sites for hydroxylation is 1. The molecule has 0 bridgehead atoms. The third kappa shape index (κ3) is 2.69. The van der Waals surface area contributed by atoms with Crippen LogP contribution < -0.4 is 5.73 Å². The Morgan fingerprint density at radius 1 is 1.53 bits per heavy atom. The molecular weight excluding hydrogens is 212 g/mol. The molecule has 0 saturated carbocycles. The predicted molar refractivity (Wildman–Crippen MR) is 71.9 cm³/mol. The van der Waals surface area contributed by atoms with Gasteiger partial charge in [0.2, 0.25) is 0 Å². The first-order chi connectivity index (χ1) is 7.85. The highest BCUT2D eigenvalue weighted by molar-refractivity contribution is 5.21. The average molecular weight is 238 g/mol. The summed E-state index contributed by atoms with van der Waals surface area (Å²) in [6.07, 6.45) is 3.04. The molecule has 0 aliphatic heterocycles. The lowest BCUT2D eigenvalue weighted by Gasteiger charge is -2.40. The van der Waals surface area contributed by atoms with Gasteiger partial charge < -0.3 is 5.73 Å². The fourth-order valence-corrected chi connectivity index (χ4v) is 2.01. The van der Waals surface area contributed by atoms with E-state index >= 15 is 0 Å². The maximum Gasteiger partial charge on any atom is 0.0540 e. The molecule has 0 aliphatic rings. The van der Waals surface area contributed by atoms with Crippen LogP contribution >= 0.6 is 0 Å². The summed E-state index contributed by atoms with van der Waals surface area (Å²) < 4.78 is 1.91. The van der Waals surface area contributed by atoms with E-state index in [2.05, 4.69) is 44.7 Å². The highest BCUT2D eigenvalue weighted by Crippen LogP contribution is 2.29. The van der Waals surface area contributed by atoms with Gasteiger partial charge in [0.25, 0.3) is 0 Å². The van der Waals surface area contributed by atoms with Gasteiger partial charge in [-0.05, 0) is 34.2 Å². The number of hydrogen-bond acceptors (Lipinski definition) is 3. The molecule has 1 heterocycles. The van der Waals surface area contributed by atoms with Gasteiger partial charge >= 0.3 is 0 Å². The monoisotopic (exact) mass is 238 g/mol. The first-order valence-electron chi connectivity index (χ1n) is 6.26. The van der Waals surface area contributed by atoms with Gasteiger partial charge in [-0.25, -0.2) is 0 Å². The van der Waals surface area contributed by atoms with Crippen molar-refractivity contribution in [2.75, 3.05) is 13.6 Å². The molecular formula is C13H26N4. The van der Waals surface area contributed by atoms with Crippen LogP contribution in [0.2, 0.25) is 0 Å². The van der Waals surface area contributed by atoms with Gasteiger partial charge in [0.15, 0.2) is 0 Å². The molecule has 17 heavy (non-hydrogen) atoms. The quantitative estimate of drug-likeness (QED) is 0.851. The molecule has 0 saturated heterocycles. The highest BCUT2D eigenvalue weighted by atomic mass is 15.3. The second-order valence-electron chi connectivity index (χ2n) is 5.34. The lowest BCUT2D eigenvalue weighted by molar-refractivity contribution is 0.100. The van der Waals surface area contributed by atoms with Crippen LogP contribution in [0.3, 0.4) is 0 Å². The van der Waals surface area contributed by atoms with Crippen LogP contribution in [0.25, 0.3) is 0 Å². The Balaban J connectivity index is 3.04. The standard InChI is InChI=1S/C13H26N4/c1-7-13(3,4)16(5)12(8-14)11-9-15-17(6)10(11)2/h9,12H,7-8,14H2,1-6H3. The first-order valence-corrected chi connectivity index (χ1v) is 6.26. The Kier molecular flexibility index (Phi) is 4.33. The molecule has 0 aliphatic carbocycles. The van der Waals surface area contributed by atoms with Crippen LogP contribution in [0.15, 0.2) is 6.20 Å². The molecule has 0 spiro atoms.